The molecular formula is C64H38N4. The first kappa shape index (κ1) is 39.1. The third kappa shape index (κ3) is 6.73. The summed E-state index contributed by atoms with van der Waals surface area (Å²) in [6.45, 7) is 0. The second kappa shape index (κ2) is 16.0. The Morgan fingerprint density at radius 1 is 0.265 bits per heavy atom. The van der Waals surface area contributed by atoms with Crippen LogP contribution in [-0.2, 0) is 0 Å². The van der Waals surface area contributed by atoms with E-state index in [1.54, 1.807) is 0 Å². The molecule has 68 heavy (non-hydrogen) atoms. The Labute approximate surface area is 393 Å². The van der Waals surface area contributed by atoms with Crippen molar-refractivity contribution < 1.29 is 0 Å². The molecule has 1 aliphatic rings. The van der Waals surface area contributed by atoms with Crippen LogP contribution in [-0.4, -0.2) is 15.0 Å². The molecule has 0 bridgehead atoms. The number of rotatable bonds is 7. The molecule has 1 aliphatic carbocycles. The number of hydrogen-bond acceptors (Lipinski definition) is 4. The maximum atomic E-state index is 10.4. The summed E-state index contributed by atoms with van der Waals surface area (Å²) >= 11 is 0. The largest absolute Gasteiger partial charge is 0.208 e. The standard InChI is InChI=1S/C64H38N4/c65-39-40-31-51(44-19-8-18-43(33-44)46-29-30-56-57-27-11-16-41-17-12-28-58(61(41)57)60(56)37-46)36-52(32-40)45-20-9-22-49(34-45)63-66-62(42-13-2-1-3-14-42)67-64(68-63)50-23-10-21-47(35-50)59-38-48-15-4-5-24-53(48)54-25-6-7-26-55(54)59/h1-38H. The molecule has 1 aromatic heterocycles. The Balaban J connectivity index is 0.878. The van der Waals surface area contributed by atoms with Gasteiger partial charge in [-0.05, 0) is 148 Å². The molecule has 0 amide bonds. The van der Waals surface area contributed by atoms with Crippen LogP contribution in [0.15, 0.2) is 231 Å². The van der Waals surface area contributed by atoms with Gasteiger partial charge in [0.25, 0.3) is 0 Å². The van der Waals surface area contributed by atoms with Crippen molar-refractivity contribution in [3.8, 4) is 107 Å². The van der Waals surface area contributed by atoms with E-state index in [1.807, 2.05) is 54.6 Å². The first-order chi connectivity index (χ1) is 33.6. The van der Waals surface area contributed by atoms with Gasteiger partial charge in [0.1, 0.15) is 0 Å². The van der Waals surface area contributed by atoms with Crippen molar-refractivity contribution in [2.45, 2.75) is 0 Å². The van der Waals surface area contributed by atoms with Gasteiger partial charge in [0, 0.05) is 16.7 Å². The lowest BCUT2D eigenvalue weighted by atomic mass is 9.92. The van der Waals surface area contributed by atoms with E-state index in [4.69, 9.17) is 15.0 Å². The van der Waals surface area contributed by atoms with E-state index >= 15 is 0 Å². The highest BCUT2D eigenvalue weighted by atomic mass is 15.0. The molecule has 0 aliphatic heterocycles. The smallest absolute Gasteiger partial charge is 0.164 e. The molecule has 0 atom stereocenters. The number of hydrogen-bond donors (Lipinski definition) is 0. The van der Waals surface area contributed by atoms with Crippen molar-refractivity contribution in [3.05, 3.63) is 236 Å². The highest BCUT2D eigenvalue weighted by Crippen LogP contribution is 2.48. The van der Waals surface area contributed by atoms with E-state index in [9.17, 15) is 5.26 Å². The molecule has 0 saturated carbocycles. The third-order valence-electron chi connectivity index (χ3n) is 13.4. The Morgan fingerprint density at radius 3 is 1.43 bits per heavy atom. The molecule has 4 nitrogen and oxygen atoms in total. The zero-order valence-electron chi connectivity index (χ0n) is 36.7. The topological polar surface area (TPSA) is 62.5 Å². The number of nitriles is 1. The Bertz CT molecular complexity index is 4050. The van der Waals surface area contributed by atoms with Crippen LogP contribution in [0.2, 0.25) is 0 Å². The van der Waals surface area contributed by atoms with E-state index < -0.39 is 0 Å². The molecule has 11 aromatic carbocycles. The van der Waals surface area contributed by atoms with Gasteiger partial charge in [-0.3, -0.25) is 0 Å². The minimum Gasteiger partial charge on any atom is -0.208 e. The van der Waals surface area contributed by atoms with Crippen LogP contribution in [0.5, 0.6) is 0 Å². The van der Waals surface area contributed by atoms with E-state index in [1.165, 1.54) is 54.6 Å². The SMILES string of the molecule is N#Cc1cc(-c2cccc(-c3ccc4c(c3)-c3cccc5cccc-4c35)c2)cc(-c2cccc(-c3nc(-c4ccccc4)nc(-c4cccc(-c5cc6ccccc6c6ccccc56)c4)n3)c2)c1. The fourth-order valence-electron chi connectivity index (χ4n) is 10.2. The fraction of sp³-hybridized carbons (Fsp3) is 0. The average Bonchev–Trinajstić information content (AvgIpc) is 3.74. The molecular weight excluding hydrogens is 825 g/mol. The lowest BCUT2D eigenvalue weighted by Crippen LogP contribution is -2.00. The highest BCUT2D eigenvalue weighted by Gasteiger charge is 2.22. The Morgan fingerprint density at radius 2 is 0.735 bits per heavy atom. The van der Waals surface area contributed by atoms with Crippen LogP contribution < -0.4 is 0 Å². The first-order valence-electron chi connectivity index (χ1n) is 22.9. The highest BCUT2D eigenvalue weighted by molar-refractivity contribution is 6.16. The normalized spacial score (nSPS) is 11.5. The van der Waals surface area contributed by atoms with E-state index in [0.717, 1.165) is 61.2 Å². The van der Waals surface area contributed by atoms with E-state index in [-0.39, 0.29) is 0 Å². The molecule has 0 N–H and O–H groups in total. The quantitative estimate of drug-likeness (QED) is 0.150. The predicted octanol–water partition coefficient (Wildman–Crippen LogP) is 16.5. The van der Waals surface area contributed by atoms with Gasteiger partial charge in [-0.25, -0.2) is 15.0 Å². The van der Waals surface area contributed by atoms with Crippen molar-refractivity contribution >= 4 is 32.3 Å². The van der Waals surface area contributed by atoms with Gasteiger partial charge in [-0.1, -0.05) is 182 Å². The third-order valence-corrected chi connectivity index (χ3v) is 13.4. The second-order valence-electron chi connectivity index (χ2n) is 17.5. The number of benzene rings is 11. The summed E-state index contributed by atoms with van der Waals surface area (Å²) in [6.07, 6.45) is 0. The molecule has 12 aromatic rings. The molecule has 0 spiro atoms. The summed E-state index contributed by atoms with van der Waals surface area (Å²) in [4.78, 5) is 15.4. The van der Waals surface area contributed by atoms with Gasteiger partial charge in [0.05, 0.1) is 11.6 Å². The van der Waals surface area contributed by atoms with Gasteiger partial charge in [-0.15, -0.1) is 0 Å². The van der Waals surface area contributed by atoms with Crippen LogP contribution in [0.4, 0.5) is 0 Å². The van der Waals surface area contributed by atoms with Gasteiger partial charge < -0.3 is 0 Å². The lowest BCUT2D eigenvalue weighted by Gasteiger charge is -2.13. The molecule has 4 heteroatoms. The summed E-state index contributed by atoms with van der Waals surface area (Å²) in [6, 6.07) is 83.5. The summed E-state index contributed by atoms with van der Waals surface area (Å²) in [5.41, 5.74) is 16.8. The maximum Gasteiger partial charge on any atom is 0.164 e. The van der Waals surface area contributed by atoms with Gasteiger partial charge in [0.15, 0.2) is 17.5 Å². The minimum atomic E-state index is 0.565. The number of fused-ring (bicyclic) bond motifs is 6. The number of aromatic nitrogens is 3. The molecule has 13 rings (SSSR count). The molecule has 0 unspecified atom stereocenters. The minimum absolute atomic E-state index is 0.565. The van der Waals surface area contributed by atoms with Gasteiger partial charge >= 0.3 is 0 Å². The second-order valence-corrected chi connectivity index (χ2v) is 17.5. The molecule has 1 heterocycles. The van der Waals surface area contributed by atoms with E-state index in [2.05, 4.69) is 182 Å². The molecule has 314 valence electrons. The van der Waals surface area contributed by atoms with Crippen molar-refractivity contribution in [2.24, 2.45) is 0 Å². The zero-order chi connectivity index (χ0) is 45.1. The molecule has 0 saturated heterocycles. The van der Waals surface area contributed by atoms with Gasteiger partial charge in [0.2, 0.25) is 0 Å². The molecule has 0 fully saturated rings. The fourth-order valence-corrected chi connectivity index (χ4v) is 10.2. The summed E-state index contributed by atoms with van der Waals surface area (Å²) < 4.78 is 0. The first-order valence-corrected chi connectivity index (χ1v) is 22.9. The molecule has 0 radical (unpaired) electrons. The van der Waals surface area contributed by atoms with Crippen LogP contribution in [0.1, 0.15) is 5.56 Å². The lowest BCUT2D eigenvalue weighted by molar-refractivity contribution is 1.07. The summed E-state index contributed by atoms with van der Waals surface area (Å²) in [5, 5.41) is 17.8. The van der Waals surface area contributed by atoms with Crippen molar-refractivity contribution in [3.63, 3.8) is 0 Å². The predicted molar refractivity (Wildman–Crippen MR) is 280 cm³/mol. The van der Waals surface area contributed by atoms with Gasteiger partial charge in [-0.2, -0.15) is 5.26 Å². The van der Waals surface area contributed by atoms with Crippen LogP contribution in [0.3, 0.4) is 0 Å². The van der Waals surface area contributed by atoms with Crippen molar-refractivity contribution in [1.82, 2.24) is 15.0 Å². The van der Waals surface area contributed by atoms with E-state index in [0.29, 0.717) is 23.0 Å². The van der Waals surface area contributed by atoms with Crippen LogP contribution in [0, 0.1) is 11.3 Å². The number of nitrogens with zero attached hydrogens (tertiary/aromatic N) is 4. The van der Waals surface area contributed by atoms with Crippen molar-refractivity contribution in [2.75, 3.05) is 0 Å². The Kier molecular flexibility index (Phi) is 9.20. The van der Waals surface area contributed by atoms with Crippen LogP contribution >= 0.6 is 0 Å². The monoisotopic (exact) mass is 862 g/mol. The average molecular weight is 863 g/mol. The summed E-state index contributed by atoms with van der Waals surface area (Å²) in [5.74, 6) is 1.75. The van der Waals surface area contributed by atoms with Crippen LogP contribution in [0.25, 0.3) is 133 Å². The zero-order valence-corrected chi connectivity index (χ0v) is 36.7. The summed E-state index contributed by atoms with van der Waals surface area (Å²) in [7, 11) is 0. The van der Waals surface area contributed by atoms with Crippen molar-refractivity contribution in [1.29, 1.82) is 5.26 Å². The maximum absolute atomic E-state index is 10.4. The Hall–Kier alpha value is -9.30.